The fourth-order valence-electron chi connectivity index (χ4n) is 2.62. The minimum Gasteiger partial charge on any atom is -0.481 e. The van der Waals surface area contributed by atoms with Crippen molar-refractivity contribution in [2.75, 3.05) is 0 Å². The van der Waals surface area contributed by atoms with Crippen LogP contribution in [0.4, 0.5) is 0 Å². The number of carbonyl (C=O) groups excluding carboxylic acids is 1. The number of nitrogens with one attached hydrogen (secondary N) is 1. The number of H-pyrrole nitrogens is 1. The van der Waals surface area contributed by atoms with Crippen LogP contribution in [0.3, 0.4) is 0 Å². The van der Waals surface area contributed by atoms with E-state index in [9.17, 15) is 14.7 Å². The molecule has 0 fully saturated rings. The number of allylic oxidation sites excluding steroid dienone is 1. The van der Waals surface area contributed by atoms with Gasteiger partial charge in [0.25, 0.3) is 0 Å². The van der Waals surface area contributed by atoms with E-state index >= 15 is 0 Å². The minimum atomic E-state index is -0.871. The maximum Gasteiger partial charge on any atom is 0.311 e. The Morgan fingerprint density at radius 2 is 2.11 bits per heavy atom. The summed E-state index contributed by atoms with van der Waals surface area (Å²) in [7, 11) is 0. The van der Waals surface area contributed by atoms with Gasteiger partial charge in [0.05, 0.1) is 5.92 Å². The van der Waals surface area contributed by atoms with Crippen LogP contribution in [-0.2, 0) is 9.59 Å². The standard InChI is InChI=1S/C15H13NO3/c17-9-5-6-11(15(18)19)12(7-9)13-8-16-14-4-2-1-3-10(13)14/h1-4,7-8,11,16H,5-6H2,(H,18,19). The first-order valence-electron chi connectivity index (χ1n) is 6.20. The molecule has 4 heteroatoms. The monoisotopic (exact) mass is 255 g/mol. The predicted octanol–water partition coefficient (Wildman–Crippen LogP) is 2.62. The van der Waals surface area contributed by atoms with Crippen molar-refractivity contribution >= 4 is 28.2 Å². The Hall–Kier alpha value is -2.36. The molecule has 19 heavy (non-hydrogen) atoms. The van der Waals surface area contributed by atoms with Gasteiger partial charge in [0.2, 0.25) is 0 Å². The quantitative estimate of drug-likeness (QED) is 0.866. The topological polar surface area (TPSA) is 70.2 Å². The summed E-state index contributed by atoms with van der Waals surface area (Å²) in [6.07, 6.45) is 3.95. The maximum absolute atomic E-state index is 11.6. The number of aromatic nitrogens is 1. The average Bonchev–Trinajstić information content (AvgIpc) is 2.82. The van der Waals surface area contributed by atoms with Crippen LogP contribution < -0.4 is 0 Å². The molecule has 96 valence electrons. The van der Waals surface area contributed by atoms with Crippen molar-refractivity contribution in [1.82, 2.24) is 4.98 Å². The number of fused-ring (bicyclic) bond motifs is 1. The molecule has 1 aliphatic carbocycles. The average molecular weight is 255 g/mol. The number of carboxylic acids is 1. The minimum absolute atomic E-state index is 0.00205. The van der Waals surface area contributed by atoms with Gasteiger partial charge in [-0.25, -0.2) is 0 Å². The lowest BCUT2D eigenvalue weighted by molar-refractivity contribution is -0.140. The molecule has 1 aromatic carbocycles. The normalized spacial score (nSPS) is 19.5. The fourth-order valence-corrected chi connectivity index (χ4v) is 2.62. The van der Waals surface area contributed by atoms with Crippen LogP contribution in [0.2, 0.25) is 0 Å². The molecule has 1 aromatic heterocycles. The van der Waals surface area contributed by atoms with Gasteiger partial charge in [-0.2, -0.15) is 0 Å². The molecule has 3 rings (SSSR count). The number of rotatable bonds is 2. The molecule has 0 bridgehead atoms. The third-order valence-electron chi connectivity index (χ3n) is 3.57. The first-order chi connectivity index (χ1) is 9.16. The summed E-state index contributed by atoms with van der Waals surface area (Å²) in [5.74, 6) is -1.47. The Morgan fingerprint density at radius 1 is 1.32 bits per heavy atom. The van der Waals surface area contributed by atoms with Gasteiger partial charge in [0, 0.05) is 29.1 Å². The summed E-state index contributed by atoms with van der Waals surface area (Å²) in [6.45, 7) is 0. The number of aromatic amines is 1. The molecule has 2 aromatic rings. The molecule has 0 spiro atoms. The highest BCUT2D eigenvalue weighted by atomic mass is 16.4. The number of carbonyl (C=O) groups is 2. The van der Waals surface area contributed by atoms with Gasteiger partial charge < -0.3 is 10.1 Å². The van der Waals surface area contributed by atoms with Gasteiger partial charge in [0.15, 0.2) is 5.78 Å². The third-order valence-corrected chi connectivity index (χ3v) is 3.57. The highest BCUT2D eigenvalue weighted by Gasteiger charge is 2.29. The molecule has 0 saturated carbocycles. The zero-order valence-corrected chi connectivity index (χ0v) is 10.2. The molecule has 0 saturated heterocycles. The fraction of sp³-hybridized carbons (Fsp3) is 0.200. The van der Waals surface area contributed by atoms with E-state index in [1.165, 1.54) is 6.08 Å². The molecule has 4 nitrogen and oxygen atoms in total. The second-order valence-electron chi connectivity index (χ2n) is 4.74. The van der Waals surface area contributed by atoms with Crippen LogP contribution >= 0.6 is 0 Å². The number of hydrogen-bond acceptors (Lipinski definition) is 2. The lowest BCUT2D eigenvalue weighted by Gasteiger charge is -2.19. The van der Waals surface area contributed by atoms with Crippen molar-refractivity contribution in [2.24, 2.45) is 5.92 Å². The summed E-state index contributed by atoms with van der Waals surface area (Å²) >= 11 is 0. The Labute approximate surface area is 109 Å². The SMILES string of the molecule is O=C1C=C(c2c[nH]c3ccccc23)C(C(=O)O)CC1. The molecule has 0 aliphatic heterocycles. The van der Waals surface area contributed by atoms with E-state index in [4.69, 9.17) is 0 Å². The second-order valence-corrected chi connectivity index (χ2v) is 4.74. The van der Waals surface area contributed by atoms with Crippen LogP contribution in [0.1, 0.15) is 18.4 Å². The highest BCUT2D eigenvalue weighted by molar-refractivity contribution is 6.07. The second kappa shape index (κ2) is 4.39. The summed E-state index contributed by atoms with van der Waals surface area (Å²) < 4.78 is 0. The largest absolute Gasteiger partial charge is 0.481 e. The molecule has 1 atom stereocenters. The van der Waals surface area contributed by atoms with Crippen molar-refractivity contribution in [2.45, 2.75) is 12.8 Å². The molecular weight excluding hydrogens is 242 g/mol. The van der Waals surface area contributed by atoms with Crippen LogP contribution in [0.25, 0.3) is 16.5 Å². The summed E-state index contributed by atoms with van der Waals surface area (Å²) in [6, 6.07) is 7.68. The Morgan fingerprint density at radius 3 is 2.89 bits per heavy atom. The zero-order valence-electron chi connectivity index (χ0n) is 10.2. The maximum atomic E-state index is 11.6. The Balaban J connectivity index is 2.17. The van der Waals surface area contributed by atoms with Crippen LogP contribution in [0.5, 0.6) is 0 Å². The number of carboxylic acid groups (broad SMARTS) is 1. The number of aliphatic carboxylic acids is 1. The third kappa shape index (κ3) is 1.95. The van der Waals surface area contributed by atoms with Gasteiger partial charge >= 0.3 is 5.97 Å². The first kappa shape index (κ1) is 11.7. The zero-order chi connectivity index (χ0) is 13.4. The van der Waals surface area contributed by atoms with Crippen molar-refractivity contribution in [3.8, 4) is 0 Å². The smallest absolute Gasteiger partial charge is 0.311 e. The van der Waals surface area contributed by atoms with Gasteiger partial charge in [-0.1, -0.05) is 18.2 Å². The summed E-state index contributed by atoms with van der Waals surface area (Å²) in [5.41, 5.74) is 2.37. The van der Waals surface area contributed by atoms with Gasteiger partial charge in [-0.15, -0.1) is 0 Å². The van der Waals surface area contributed by atoms with Crippen molar-refractivity contribution in [3.63, 3.8) is 0 Å². The molecule has 1 unspecified atom stereocenters. The van der Waals surface area contributed by atoms with Gasteiger partial charge in [0.1, 0.15) is 0 Å². The molecule has 0 amide bonds. The number of ketones is 1. The van der Waals surface area contributed by atoms with Crippen LogP contribution in [-0.4, -0.2) is 21.8 Å². The van der Waals surface area contributed by atoms with E-state index in [0.29, 0.717) is 18.4 Å². The van der Waals surface area contributed by atoms with E-state index < -0.39 is 11.9 Å². The molecule has 1 aliphatic rings. The highest BCUT2D eigenvalue weighted by Crippen LogP contribution is 2.35. The first-order valence-corrected chi connectivity index (χ1v) is 6.20. The lowest BCUT2D eigenvalue weighted by Crippen LogP contribution is -2.21. The van der Waals surface area contributed by atoms with Gasteiger partial charge in [-0.3, -0.25) is 9.59 Å². The summed E-state index contributed by atoms with van der Waals surface area (Å²) in [5, 5.41) is 10.3. The number of hydrogen-bond donors (Lipinski definition) is 2. The van der Waals surface area contributed by atoms with Crippen molar-refractivity contribution in [1.29, 1.82) is 0 Å². The Bertz CT molecular complexity index is 696. The van der Waals surface area contributed by atoms with E-state index in [0.717, 1.165) is 16.5 Å². The van der Waals surface area contributed by atoms with E-state index in [1.807, 2.05) is 24.3 Å². The Kier molecular flexibility index (Phi) is 2.71. The number of para-hydroxylation sites is 1. The molecule has 0 radical (unpaired) electrons. The van der Waals surface area contributed by atoms with E-state index in [1.54, 1.807) is 6.20 Å². The van der Waals surface area contributed by atoms with Crippen LogP contribution in [0, 0.1) is 5.92 Å². The van der Waals surface area contributed by atoms with E-state index in [2.05, 4.69) is 4.98 Å². The lowest BCUT2D eigenvalue weighted by atomic mass is 9.83. The summed E-state index contributed by atoms with van der Waals surface area (Å²) in [4.78, 5) is 26.0. The molecule has 1 heterocycles. The number of benzene rings is 1. The predicted molar refractivity (Wildman–Crippen MR) is 71.6 cm³/mol. The van der Waals surface area contributed by atoms with Crippen LogP contribution in [0.15, 0.2) is 36.5 Å². The van der Waals surface area contributed by atoms with Crippen molar-refractivity contribution < 1.29 is 14.7 Å². The molecule has 2 N–H and O–H groups in total. The van der Waals surface area contributed by atoms with E-state index in [-0.39, 0.29) is 5.78 Å². The van der Waals surface area contributed by atoms with Gasteiger partial charge in [-0.05, 0) is 24.1 Å². The molecular formula is C15H13NO3. The van der Waals surface area contributed by atoms with Crippen molar-refractivity contribution in [3.05, 3.63) is 42.1 Å².